The third kappa shape index (κ3) is 2.16. The SMILES string of the molecule is Cc1ccsc1C(NN)c1cscc1Br. The minimum absolute atomic E-state index is 0.0885. The minimum atomic E-state index is 0.0885. The predicted molar refractivity (Wildman–Crippen MR) is 70.2 cm³/mol. The molecule has 0 radical (unpaired) electrons. The highest BCUT2D eigenvalue weighted by Crippen LogP contribution is 2.34. The van der Waals surface area contributed by atoms with Crippen molar-refractivity contribution in [3.8, 4) is 0 Å². The van der Waals surface area contributed by atoms with Crippen molar-refractivity contribution >= 4 is 38.6 Å². The molecule has 0 saturated heterocycles. The molecule has 0 aromatic carbocycles. The predicted octanol–water partition coefficient (Wildman–Crippen LogP) is 3.43. The number of hydrazine groups is 1. The number of nitrogens with two attached hydrogens (primary N) is 1. The maximum atomic E-state index is 5.63. The lowest BCUT2D eigenvalue weighted by Crippen LogP contribution is -2.28. The van der Waals surface area contributed by atoms with Crippen LogP contribution in [-0.2, 0) is 0 Å². The molecule has 0 amide bonds. The zero-order chi connectivity index (χ0) is 10.8. The largest absolute Gasteiger partial charge is 0.271 e. The van der Waals surface area contributed by atoms with Gasteiger partial charge in [0.05, 0.1) is 6.04 Å². The van der Waals surface area contributed by atoms with Gasteiger partial charge in [-0.25, -0.2) is 5.43 Å². The lowest BCUT2D eigenvalue weighted by molar-refractivity contribution is 0.644. The zero-order valence-electron chi connectivity index (χ0n) is 8.16. The normalized spacial score (nSPS) is 13.0. The summed E-state index contributed by atoms with van der Waals surface area (Å²) in [5.74, 6) is 5.63. The van der Waals surface area contributed by atoms with E-state index in [9.17, 15) is 0 Å². The number of aryl methyl sites for hydroxylation is 1. The fourth-order valence-electron chi connectivity index (χ4n) is 1.48. The lowest BCUT2D eigenvalue weighted by Gasteiger charge is -2.15. The van der Waals surface area contributed by atoms with Gasteiger partial charge in [0.15, 0.2) is 0 Å². The van der Waals surface area contributed by atoms with E-state index < -0.39 is 0 Å². The van der Waals surface area contributed by atoms with Crippen LogP contribution in [0.15, 0.2) is 26.7 Å². The number of hydrogen-bond donors (Lipinski definition) is 2. The van der Waals surface area contributed by atoms with Crippen LogP contribution >= 0.6 is 38.6 Å². The molecule has 1 atom stereocenters. The van der Waals surface area contributed by atoms with E-state index in [1.54, 1.807) is 22.7 Å². The second-order valence-electron chi connectivity index (χ2n) is 3.24. The van der Waals surface area contributed by atoms with Crippen LogP contribution in [-0.4, -0.2) is 0 Å². The first-order valence-corrected chi connectivity index (χ1v) is 7.07. The maximum Gasteiger partial charge on any atom is 0.0824 e. The van der Waals surface area contributed by atoms with Crippen LogP contribution < -0.4 is 11.3 Å². The zero-order valence-corrected chi connectivity index (χ0v) is 11.4. The molecule has 2 nitrogen and oxygen atoms in total. The Morgan fingerprint density at radius 3 is 2.73 bits per heavy atom. The molecule has 15 heavy (non-hydrogen) atoms. The number of halogens is 1. The first-order chi connectivity index (χ1) is 7.24. The van der Waals surface area contributed by atoms with Gasteiger partial charge in [0, 0.05) is 20.3 Å². The third-order valence-electron chi connectivity index (χ3n) is 2.28. The van der Waals surface area contributed by atoms with Gasteiger partial charge in [0.25, 0.3) is 0 Å². The van der Waals surface area contributed by atoms with Crippen LogP contribution in [0, 0.1) is 6.92 Å². The van der Waals surface area contributed by atoms with Gasteiger partial charge in [-0.2, -0.15) is 11.3 Å². The van der Waals surface area contributed by atoms with Gasteiger partial charge in [-0.15, -0.1) is 11.3 Å². The van der Waals surface area contributed by atoms with Crippen molar-refractivity contribution in [1.82, 2.24) is 5.43 Å². The summed E-state index contributed by atoms with van der Waals surface area (Å²) in [5, 5.41) is 6.28. The average Bonchev–Trinajstić information content (AvgIpc) is 2.80. The van der Waals surface area contributed by atoms with E-state index in [4.69, 9.17) is 5.84 Å². The molecule has 1 unspecified atom stereocenters. The van der Waals surface area contributed by atoms with E-state index in [-0.39, 0.29) is 6.04 Å². The Morgan fingerprint density at radius 1 is 1.47 bits per heavy atom. The van der Waals surface area contributed by atoms with E-state index in [0.717, 1.165) is 4.47 Å². The van der Waals surface area contributed by atoms with Crippen molar-refractivity contribution in [1.29, 1.82) is 0 Å². The Balaban J connectivity index is 2.41. The molecule has 2 heterocycles. The van der Waals surface area contributed by atoms with Gasteiger partial charge in [-0.05, 0) is 45.2 Å². The Hall–Kier alpha value is -0.200. The van der Waals surface area contributed by atoms with E-state index in [0.29, 0.717) is 0 Å². The number of rotatable bonds is 3. The molecule has 0 bridgehead atoms. The van der Waals surface area contributed by atoms with Gasteiger partial charge in [0.1, 0.15) is 0 Å². The fourth-order valence-corrected chi connectivity index (χ4v) is 4.04. The second kappa shape index (κ2) is 4.76. The summed E-state index contributed by atoms with van der Waals surface area (Å²) < 4.78 is 1.11. The Bertz CT molecular complexity index is 409. The molecule has 0 aliphatic carbocycles. The summed E-state index contributed by atoms with van der Waals surface area (Å²) in [6.07, 6.45) is 0. The van der Waals surface area contributed by atoms with E-state index in [1.165, 1.54) is 16.0 Å². The maximum absolute atomic E-state index is 5.63. The van der Waals surface area contributed by atoms with Gasteiger partial charge in [-0.3, -0.25) is 5.84 Å². The molecule has 2 aromatic rings. The van der Waals surface area contributed by atoms with Crippen LogP contribution in [0.4, 0.5) is 0 Å². The van der Waals surface area contributed by atoms with Crippen molar-refractivity contribution in [2.75, 3.05) is 0 Å². The molecule has 0 saturated carbocycles. The highest BCUT2D eigenvalue weighted by molar-refractivity contribution is 9.10. The Morgan fingerprint density at radius 2 is 2.27 bits per heavy atom. The van der Waals surface area contributed by atoms with Crippen LogP contribution in [0.25, 0.3) is 0 Å². The molecular formula is C10H11BrN2S2. The molecule has 5 heteroatoms. The van der Waals surface area contributed by atoms with Crippen LogP contribution in [0.3, 0.4) is 0 Å². The topological polar surface area (TPSA) is 38.0 Å². The molecule has 0 spiro atoms. The molecule has 2 rings (SSSR count). The number of thiophene rings is 2. The monoisotopic (exact) mass is 302 g/mol. The van der Waals surface area contributed by atoms with Gasteiger partial charge < -0.3 is 0 Å². The summed E-state index contributed by atoms with van der Waals surface area (Å²) in [6.45, 7) is 2.11. The number of nitrogens with one attached hydrogen (secondary N) is 1. The third-order valence-corrected chi connectivity index (χ3v) is 5.12. The quantitative estimate of drug-likeness (QED) is 0.673. The average molecular weight is 303 g/mol. The summed E-state index contributed by atoms with van der Waals surface area (Å²) in [7, 11) is 0. The van der Waals surface area contributed by atoms with Crippen molar-refractivity contribution < 1.29 is 0 Å². The van der Waals surface area contributed by atoms with E-state index >= 15 is 0 Å². The molecular weight excluding hydrogens is 292 g/mol. The highest BCUT2D eigenvalue weighted by Gasteiger charge is 2.18. The molecule has 3 N–H and O–H groups in total. The number of hydrogen-bond acceptors (Lipinski definition) is 4. The minimum Gasteiger partial charge on any atom is -0.271 e. The van der Waals surface area contributed by atoms with Crippen molar-refractivity contribution in [3.63, 3.8) is 0 Å². The Labute approximate surface area is 105 Å². The first-order valence-electron chi connectivity index (χ1n) is 4.45. The molecule has 0 aliphatic rings. The smallest absolute Gasteiger partial charge is 0.0824 e. The van der Waals surface area contributed by atoms with Gasteiger partial charge in [-0.1, -0.05) is 0 Å². The fraction of sp³-hybridized carbons (Fsp3) is 0.200. The Kier molecular flexibility index (Phi) is 3.58. The van der Waals surface area contributed by atoms with Crippen LogP contribution in [0.1, 0.15) is 22.0 Å². The summed E-state index contributed by atoms with van der Waals surface area (Å²) in [4.78, 5) is 1.27. The van der Waals surface area contributed by atoms with Gasteiger partial charge >= 0.3 is 0 Å². The summed E-state index contributed by atoms with van der Waals surface area (Å²) in [6, 6.07) is 2.20. The van der Waals surface area contributed by atoms with E-state index in [2.05, 4.69) is 50.5 Å². The molecule has 80 valence electrons. The van der Waals surface area contributed by atoms with Crippen molar-refractivity contribution in [3.05, 3.63) is 42.7 Å². The standard InChI is InChI=1S/C10H11BrN2S2/c1-6-2-3-15-10(6)9(13-12)7-4-14-5-8(7)11/h2-5,9,13H,12H2,1H3. The van der Waals surface area contributed by atoms with Crippen molar-refractivity contribution in [2.45, 2.75) is 13.0 Å². The summed E-state index contributed by atoms with van der Waals surface area (Å²) >= 11 is 6.94. The molecule has 0 fully saturated rings. The first kappa shape index (κ1) is 11.3. The molecule has 2 aromatic heterocycles. The molecule has 0 aliphatic heterocycles. The van der Waals surface area contributed by atoms with Crippen LogP contribution in [0.5, 0.6) is 0 Å². The second-order valence-corrected chi connectivity index (χ2v) is 5.79. The van der Waals surface area contributed by atoms with Crippen molar-refractivity contribution in [2.24, 2.45) is 5.84 Å². The lowest BCUT2D eigenvalue weighted by atomic mass is 10.1. The highest BCUT2D eigenvalue weighted by atomic mass is 79.9. The van der Waals surface area contributed by atoms with Crippen LogP contribution in [0.2, 0.25) is 0 Å². The summed E-state index contributed by atoms with van der Waals surface area (Å²) in [5.41, 5.74) is 5.36. The van der Waals surface area contributed by atoms with E-state index in [1.807, 2.05) is 0 Å². The van der Waals surface area contributed by atoms with Gasteiger partial charge in [0.2, 0.25) is 0 Å².